The molecule has 0 aliphatic carbocycles. The normalized spacial score (nSPS) is 16.7. The van der Waals surface area contributed by atoms with Gasteiger partial charge in [0.1, 0.15) is 5.82 Å². The van der Waals surface area contributed by atoms with Crippen LogP contribution in [0, 0.1) is 9.39 Å². The van der Waals surface area contributed by atoms with Gasteiger partial charge in [0.05, 0.1) is 5.56 Å². The Hall–Kier alpha value is -0.210. The zero-order valence-corrected chi connectivity index (χ0v) is 14.2. The van der Waals surface area contributed by atoms with Crippen molar-refractivity contribution in [2.45, 2.75) is 0 Å². The second kappa shape index (κ2) is 6.99. The molecule has 0 aromatic heterocycles. The summed E-state index contributed by atoms with van der Waals surface area (Å²) in [5, 5.41) is 0.955. The molecule has 1 heterocycles. The average Bonchev–Trinajstić information content (AvgIpc) is 2.39. The third-order valence-electron chi connectivity index (χ3n) is 3.22. The molecule has 1 aromatic carbocycles. The Labute approximate surface area is 134 Å². The molecule has 0 radical (unpaired) electrons. The third-order valence-corrected chi connectivity index (χ3v) is 4.47. The zero-order valence-electron chi connectivity index (χ0n) is 10.4. The third kappa shape index (κ3) is 3.88. The van der Waals surface area contributed by atoms with Crippen molar-refractivity contribution in [3.8, 4) is 0 Å². The highest BCUT2D eigenvalue weighted by Crippen LogP contribution is 2.17. The van der Waals surface area contributed by atoms with Gasteiger partial charge in [0.15, 0.2) is 0 Å². The van der Waals surface area contributed by atoms with Crippen LogP contribution in [0.3, 0.4) is 0 Å². The van der Waals surface area contributed by atoms with Crippen molar-refractivity contribution in [2.24, 2.45) is 0 Å². The van der Waals surface area contributed by atoms with Crippen LogP contribution in [-0.2, 0) is 0 Å². The van der Waals surface area contributed by atoms with Gasteiger partial charge in [0.2, 0.25) is 0 Å². The molecule has 3 nitrogen and oxygen atoms in total. The Balaban J connectivity index is 2.01. The van der Waals surface area contributed by atoms with Gasteiger partial charge in [-0.3, -0.25) is 9.69 Å². The average molecular weight is 441 g/mol. The van der Waals surface area contributed by atoms with Crippen molar-refractivity contribution < 1.29 is 9.18 Å². The fraction of sp³-hybridized carbons (Fsp3) is 0.462. The van der Waals surface area contributed by atoms with E-state index in [9.17, 15) is 9.18 Å². The number of carbonyl (C=O) groups is 1. The molecule has 1 amide bonds. The van der Waals surface area contributed by atoms with Crippen LogP contribution >= 0.6 is 38.5 Å². The van der Waals surface area contributed by atoms with Gasteiger partial charge in [-0.2, -0.15) is 0 Å². The number of amides is 1. The number of hydrogen-bond donors (Lipinski definition) is 0. The summed E-state index contributed by atoms with van der Waals surface area (Å²) < 4.78 is 13.7. The summed E-state index contributed by atoms with van der Waals surface area (Å²) in [6.07, 6.45) is 0. The van der Waals surface area contributed by atoms with Crippen LogP contribution in [0.2, 0.25) is 0 Å². The molecule has 104 valence electrons. The zero-order chi connectivity index (χ0) is 13.8. The van der Waals surface area contributed by atoms with E-state index in [1.54, 1.807) is 6.07 Å². The second-order valence-corrected chi connectivity index (χ2v) is 6.40. The fourth-order valence-corrected chi connectivity index (χ4v) is 3.34. The minimum atomic E-state index is -0.303. The SMILES string of the molecule is O=C(c1ccc(F)cc1I)N1CCN(CCBr)CC1. The highest BCUT2D eigenvalue weighted by molar-refractivity contribution is 14.1. The van der Waals surface area contributed by atoms with Crippen LogP contribution in [0.15, 0.2) is 18.2 Å². The van der Waals surface area contributed by atoms with E-state index < -0.39 is 0 Å². The molecule has 2 rings (SSSR count). The van der Waals surface area contributed by atoms with Gasteiger partial charge in [0, 0.05) is 41.6 Å². The number of nitrogens with zero attached hydrogens (tertiary/aromatic N) is 2. The van der Waals surface area contributed by atoms with E-state index in [2.05, 4.69) is 20.8 Å². The Morgan fingerprint density at radius 2 is 2.00 bits per heavy atom. The molecule has 1 aliphatic rings. The smallest absolute Gasteiger partial charge is 0.255 e. The van der Waals surface area contributed by atoms with E-state index in [1.807, 2.05) is 27.5 Å². The lowest BCUT2D eigenvalue weighted by Gasteiger charge is -2.34. The van der Waals surface area contributed by atoms with Gasteiger partial charge < -0.3 is 4.90 Å². The summed E-state index contributed by atoms with van der Waals surface area (Å²) >= 11 is 5.43. The first-order chi connectivity index (χ1) is 9.11. The van der Waals surface area contributed by atoms with Crippen molar-refractivity contribution in [2.75, 3.05) is 38.1 Å². The number of piperazine rings is 1. The molecule has 1 aromatic rings. The van der Waals surface area contributed by atoms with Gasteiger partial charge in [-0.05, 0) is 40.8 Å². The predicted octanol–water partition coefficient (Wildman–Crippen LogP) is 2.58. The maximum Gasteiger partial charge on any atom is 0.255 e. The number of hydrogen-bond acceptors (Lipinski definition) is 2. The summed E-state index contributed by atoms with van der Waals surface area (Å²) in [7, 11) is 0. The van der Waals surface area contributed by atoms with Crippen LogP contribution < -0.4 is 0 Å². The van der Waals surface area contributed by atoms with Gasteiger partial charge in [0.25, 0.3) is 5.91 Å². The van der Waals surface area contributed by atoms with Crippen LogP contribution in [0.5, 0.6) is 0 Å². The minimum absolute atomic E-state index is 0.00268. The maximum atomic E-state index is 13.0. The van der Waals surface area contributed by atoms with Crippen LogP contribution in [0.4, 0.5) is 4.39 Å². The van der Waals surface area contributed by atoms with Crippen molar-refractivity contribution in [3.05, 3.63) is 33.1 Å². The Kier molecular flexibility index (Phi) is 5.58. The topological polar surface area (TPSA) is 23.6 Å². The van der Waals surface area contributed by atoms with E-state index in [0.29, 0.717) is 9.13 Å². The first kappa shape index (κ1) is 15.2. The van der Waals surface area contributed by atoms with Crippen molar-refractivity contribution >= 4 is 44.4 Å². The first-order valence-electron chi connectivity index (χ1n) is 6.14. The molecular formula is C13H15BrFIN2O. The lowest BCUT2D eigenvalue weighted by atomic mass is 10.2. The van der Waals surface area contributed by atoms with E-state index in [0.717, 1.165) is 38.1 Å². The second-order valence-electron chi connectivity index (χ2n) is 4.45. The van der Waals surface area contributed by atoms with E-state index in [4.69, 9.17) is 0 Å². The Morgan fingerprint density at radius 3 is 2.58 bits per heavy atom. The number of alkyl halides is 1. The number of benzene rings is 1. The van der Waals surface area contributed by atoms with E-state index in [-0.39, 0.29) is 11.7 Å². The Bertz CT molecular complexity index is 464. The van der Waals surface area contributed by atoms with Gasteiger partial charge in [-0.25, -0.2) is 4.39 Å². The van der Waals surface area contributed by atoms with Crippen LogP contribution in [-0.4, -0.2) is 53.8 Å². The minimum Gasteiger partial charge on any atom is -0.336 e. The standard InChI is InChI=1S/C13H15BrFIN2O/c14-3-4-17-5-7-18(8-6-17)13(19)11-2-1-10(15)9-12(11)16/h1-2,9H,3-8H2. The van der Waals surface area contributed by atoms with Crippen molar-refractivity contribution in [3.63, 3.8) is 0 Å². The first-order valence-corrected chi connectivity index (χ1v) is 8.34. The van der Waals surface area contributed by atoms with Gasteiger partial charge >= 0.3 is 0 Å². The lowest BCUT2D eigenvalue weighted by Crippen LogP contribution is -2.49. The highest BCUT2D eigenvalue weighted by atomic mass is 127. The number of halogens is 3. The summed E-state index contributed by atoms with van der Waals surface area (Å²) in [4.78, 5) is 16.5. The molecule has 0 bridgehead atoms. The molecule has 0 spiro atoms. The number of rotatable bonds is 3. The predicted molar refractivity (Wildman–Crippen MR) is 85.3 cm³/mol. The quantitative estimate of drug-likeness (QED) is 0.532. The van der Waals surface area contributed by atoms with E-state index >= 15 is 0 Å². The molecule has 1 fully saturated rings. The molecule has 1 saturated heterocycles. The monoisotopic (exact) mass is 440 g/mol. The molecule has 0 N–H and O–H groups in total. The van der Waals surface area contributed by atoms with Crippen LogP contribution in [0.1, 0.15) is 10.4 Å². The van der Waals surface area contributed by atoms with Gasteiger partial charge in [-0.15, -0.1) is 0 Å². The highest BCUT2D eigenvalue weighted by Gasteiger charge is 2.23. The maximum absolute atomic E-state index is 13.0. The van der Waals surface area contributed by atoms with Crippen LogP contribution in [0.25, 0.3) is 0 Å². The van der Waals surface area contributed by atoms with Gasteiger partial charge in [-0.1, -0.05) is 15.9 Å². The largest absolute Gasteiger partial charge is 0.336 e. The summed E-state index contributed by atoms with van der Waals surface area (Å²) in [5.41, 5.74) is 0.593. The molecule has 1 aliphatic heterocycles. The molecule has 19 heavy (non-hydrogen) atoms. The molecule has 0 unspecified atom stereocenters. The molecular weight excluding hydrogens is 426 g/mol. The van der Waals surface area contributed by atoms with Crippen molar-refractivity contribution in [1.82, 2.24) is 9.80 Å². The molecule has 6 heteroatoms. The summed E-state index contributed by atoms with van der Waals surface area (Å²) in [5.74, 6) is -0.300. The van der Waals surface area contributed by atoms with E-state index in [1.165, 1.54) is 12.1 Å². The number of carbonyl (C=O) groups excluding carboxylic acids is 1. The summed E-state index contributed by atoms with van der Waals surface area (Å²) in [6.45, 7) is 4.28. The fourth-order valence-electron chi connectivity index (χ4n) is 2.13. The summed E-state index contributed by atoms with van der Waals surface area (Å²) in [6, 6.07) is 4.32. The van der Waals surface area contributed by atoms with Crippen molar-refractivity contribution in [1.29, 1.82) is 0 Å². The molecule has 0 saturated carbocycles. The lowest BCUT2D eigenvalue weighted by molar-refractivity contribution is 0.0644. The Morgan fingerprint density at radius 1 is 1.32 bits per heavy atom. The molecule has 0 atom stereocenters.